The predicted molar refractivity (Wildman–Crippen MR) is 33.7 cm³/mol. The van der Waals surface area contributed by atoms with Crippen molar-refractivity contribution in [1.29, 1.82) is 0 Å². The van der Waals surface area contributed by atoms with Crippen LogP contribution in [-0.2, 0) is 0 Å². The van der Waals surface area contributed by atoms with Crippen LogP contribution in [0.2, 0.25) is 0 Å². The fourth-order valence-electron chi connectivity index (χ4n) is 0.351. The lowest BCUT2D eigenvalue weighted by Gasteiger charge is -1.82. The third kappa shape index (κ3) is 5.74. The SMILES string of the molecule is C[CH][CH]C/C=C/C. The fraction of sp³-hybridized carbons (Fsp3) is 0.429. The molecular formula is C7H12. The first-order chi connectivity index (χ1) is 3.41. The van der Waals surface area contributed by atoms with Gasteiger partial charge in [-0.15, -0.1) is 0 Å². The van der Waals surface area contributed by atoms with Gasteiger partial charge in [-0.05, 0) is 26.2 Å². The van der Waals surface area contributed by atoms with Gasteiger partial charge in [0.25, 0.3) is 0 Å². The Morgan fingerprint density at radius 2 is 2.00 bits per heavy atom. The number of hydrogen-bond donors (Lipinski definition) is 0. The Balaban J connectivity index is 2.69. The molecule has 0 aromatic carbocycles. The highest BCUT2D eigenvalue weighted by Gasteiger charge is 1.74. The van der Waals surface area contributed by atoms with Crippen LogP contribution in [0.25, 0.3) is 0 Å². The van der Waals surface area contributed by atoms with Crippen molar-refractivity contribution < 1.29 is 0 Å². The maximum atomic E-state index is 2.12. The quantitative estimate of drug-likeness (QED) is 0.374. The summed E-state index contributed by atoms with van der Waals surface area (Å²) in [5, 5.41) is 0. The summed E-state index contributed by atoms with van der Waals surface area (Å²) in [4.78, 5) is 0. The summed E-state index contributed by atoms with van der Waals surface area (Å²) in [6, 6.07) is 0. The topological polar surface area (TPSA) is 0 Å². The number of unbranched alkanes of at least 4 members (excludes halogenated alkanes) is 2. The van der Waals surface area contributed by atoms with Crippen LogP contribution in [-0.4, -0.2) is 0 Å². The van der Waals surface area contributed by atoms with Gasteiger partial charge in [0.05, 0.1) is 0 Å². The molecule has 0 aliphatic rings. The average molecular weight is 96.2 g/mol. The highest BCUT2D eigenvalue weighted by Crippen LogP contribution is 1.90. The van der Waals surface area contributed by atoms with E-state index in [1.807, 2.05) is 13.8 Å². The van der Waals surface area contributed by atoms with Crippen LogP contribution in [0.4, 0.5) is 0 Å². The fourth-order valence-corrected chi connectivity index (χ4v) is 0.351. The minimum absolute atomic E-state index is 1.08. The van der Waals surface area contributed by atoms with Crippen molar-refractivity contribution in [1.82, 2.24) is 0 Å². The van der Waals surface area contributed by atoms with E-state index < -0.39 is 0 Å². The lowest BCUT2D eigenvalue weighted by atomic mass is 10.2. The molecule has 7 heavy (non-hydrogen) atoms. The van der Waals surface area contributed by atoms with Gasteiger partial charge in [-0.25, -0.2) is 0 Å². The van der Waals surface area contributed by atoms with Crippen LogP contribution >= 0.6 is 0 Å². The molecule has 0 N–H and O–H groups in total. The van der Waals surface area contributed by atoms with E-state index in [4.69, 9.17) is 0 Å². The van der Waals surface area contributed by atoms with E-state index in [1.165, 1.54) is 0 Å². The molecule has 2 radical (unpaired) electrons. The Hall–Kier alpha value is -0.260. The van der Waals surface area contributed by atoms with Gasteiger partial charge in [-0.2, -0.15) is 0 Å². The number of rotatable bonds is 3. The standard InChI is InChI=1S/C7H12/c1-3-5-7-6-4-2/h3-6H,7H2,1-2H3/b5-3+. The molecule has 0 atom stereocenters. The maximum Gasteiger partial charge on any atom is -0.0317 e. The molecule has 0 amide bonds. The van der Waals surface area contributed by atoms with E-state index in [2.05, 4.69) is 25.0 Å². The highest BCUT2D eigenvalue weighted by atomic mass is 13.8. The summed E-state index contributed by atoms with van der Waals surface area (Å²) in [6.07, 6.45) is 9.44. The lowest BCUT2D eigenvalue weighted by molar-refractivity contribution is 1.20. The molecular weight excluding hydrogens is 84.1 g/mol. The van der Waals surface area contributed by atoms with Crippen molar-refractivity contribution >= 4 is 0 Å². The molecule has 0 aromatic heterocycles. The summed E-state index contributed by atoms with van der Waals surface area (Å²) in [5.41, 5.74) is 0. The molecule has 0 saturated heterocycles. The molecule has 0 saturated carbocycles. The van der Waals surface area contributed by atoms with Crippen LogP contribution in [0.5, 0.6) is 0 Å². The Bertz CT molecular complexity index is 44.0. The molecule has 0 nitrogen and oxygen atoms in total. The van der Waals surface area contributed by atoms with Gasteiger partial charge in [-0.3, -0.25) is 0 Å². The van der Waals surface area contributed by atoms with Gasteiger partial charge in [0.2, 0.25) is 0 Å². The lowest BCUT2D eigenvalue weighted by Crippen LogP contribution is -1.66. The summed E-state index contributed by atoms with van der Waals surface area (Å²) in [7, 11) is 0. The monoisotopic (exact) mass is 96.1 g/mol. The van der Waals surface area contributed by atoms with Gasteiger partial charge >= 0.3 is 0 Å². The molecule has 0 aliphatic heterocycles. The first-order valence-electron chi connectivity index (χ1n) is 2.64. The zero-order valence-corrected chi connectivity index (χ0v) is 5.02. The van der Waals surface area contributed by atoms with E-state index in [9.17, 15) is 0 Å². The first-order valence-corrected chi connectivity index (χ1v) is 2.64. The van der Waals surface area contributed by atoms with Gasteiger partial charge < -0.3 is 0 Å². The van der Waals surface area contributed by atoms with Gasteiger partial charge in [0, 0.05) is 0 Å². The van der Waals surface area contributed by atoms with Crippen molar-refractivity contribution in [3.8, 4) is 0 Å². The highest BCUT2D eigenvalue weighted by molar-refractivity contribution is 4.89. The summed E-state index contributed by atoms with van der Waals surface area (Å²) >= 11 is 0. The van der Waals surface area contributed by atoms with Crippen molar-refractivity contribution in [3.05, 3.63) is 25.0 Å². The number of hydrogen-bond acceptors (Lipinski definition) is 0. The van der Waals surface area contributed by atoms with E-state index in [-0.39, 0.29) is 0 Å². The molecule has 0 fully saturated rings. The summed E-state index contributed by atoms with van der Waals surface area (Å²) in [6.45, 7) is 4.06. The second kappa shape index (κ2) is 5.74. The third-order valence-electron chi connectivity index (χ3n) is 0.744. The molecule has 0 heteroatoms. The number of allylic oxidation sites excluding steroid dienone is 2. The zero-order valence-electron chi connectivity index (χ0n) is 5.02. The minimum Gasteiger partial charge on any atom is -0.0917 e. The van der Waals surface area contributed by atoms with Crippen LogP contribution in [0.1, 0.15) is 20.3 Å². The Kier molecular flexibility index (Phi) is 5.53. The van der Waals surface area contributed by atoms with Gasteiger partial charge in [0.1, 0.15) is 0 Å². The molecule has 0 heterocycles. The predicted octanol–water partition coefficient (Wildman–Crippen LogP) is 2.38. The second-order valence-electron chi connectivity index (χ2n) is 1.37. The maximum absolute atomic E-state index is 2.12. The molecule has 0 aliphatic carbocycles. The van der Waals surface area contributed by atoms with E-state index >= 15 is 0 Å². The smallest absolute Gasteiger partial charge is 0.0317 e. The molecule has 0 aromatic rings. The van der Waals surface area contributed by atoms with E-state index in [0.29, 0.717) is 0 Å². The second-order valence-corrected chi connectivity index (χ2v) is 1.37. The van der Waals surface area contributed by atoms with Gasteiger partial charge in [-0.1, -0.05) is 19.1 Å². The average Bonchev–Trinajstić information content (AvgIpc) is 1.69. The first kappa shape index (κ1) is 6.74. The molecule has 0 rings (SSSR count). The molecule has 0 bridgehead atoms. The van der Waals surface area contributed by atoms with E-state index in [1.54, 1.807) is 0 Å². The molecule has 0 unspecified atom stereocenters. The minimum atomic E-state index is 1.08. The van der Waals surface area contributed by atoms with Crippen molar-refractivity contribution in [2.75, 3.05) is 0 Å². The van der Waals surface area contributed by atoms with E-state index in [0.717, 1.165) is 6.42 Å². The molecule has 40 valence electrons. The van der Waals surface area contributed by atoms with Crippen LogP contribution in [0, 0.1) is 12.8 Å². The normalized spacial score (nSPS) is 10.6. The van der Waals surface area contributed by atoms with Crippen LogP contribution in [0.15, 0.2) is 12.2 Å². The molecule has 0 spiro atoms. The Morgan fingerprint density at radius 3 is 2.43 bits per heavy atom. The Labute approximate surface area is 46.2 Å². The van der Waals surface area contributed by atoms with Crippen LogP contribution in [0.3, 0.4) is 0 Å². The summed E-state index contributed by atoms with van der Waals surface area (Å²) in [5.74, 6) is 0. The zero-order chi connectivity index (χ0) is 5.54. The van der Waals surface area contributed by atoms with Crippen molar-refractivity contribution in [2.45, 2.75) is 20.3 Å². The third-order valence-corrected chi connectivity index (χ3v) is 0.744. The Morgan fingerprint density at radius 1 is 1.29 bits per heavy atom. The largest absolute Gasteiger partial charge is 0.0917 e. The van der Waals surface area contributed by atoms with Crippen molar-refractivity contribution in [3.63, 3.8) is 0 Å². The summed E-state index contributed by atoms with van der Waals surface area (Å²) < 4.78 is 0. The van der Waals surface area contributed by atoms with Crippen molar-refractivity contribution in [2.24, 2.45) is 0 Å². The van der Waals surface area contributed by atoms with Crippen LogP contribution < -0.4 is 0 Å². The van der Waals surface area contributed by atoms with Gasteiger partial charge in [0.15, 0.2) is 0 Å².